The van der Waals surface area contributed by atoms with Crippen molar-refractivity contribution in [3.8, 4) is 0 Å². The Bertz CT molecular complexity index is 487. The van der Waals surface area contributed by atoms with Crippen LogP contribution in [0.4, 0.5) is 5.69 Å². The summed E-state index contributed by atoms with van der Waals surface area (Å²) in [5, 5.41) is 2.46. The SMILES string of the molecule is CCO[C@@H]1[C@H](C)C[C@H](c2ccncc2N=C=S)C[C@@H]1C. The Morgan fingerprint density at radius 3 is 2.70 bits per heavy atom. The van der Waals surface area contributed by atoms with E-state index in [0.717, 1.165) is 25.1 Å². The standard InChI is InChI=1S/C16H22N2OS/c1-4-19-16-11(2)7-13(8-12(16)3)14-5-6-17-9-15(14)18-10-20/h5-6,9,11-13,16H,4,7-8H2,1-3H3/t11-,12+,13+,16-. The highest BCUT2D eigenvalue weighted by Crippen LogP contribution is 2.43. The van der Waals surface area contributed by atoms with E-state index in [9.17, 15) is 0 Å². The average molecular weight is 290 g/mol. The summed E-state index contributed by atoms with van der Waals surface area (Å²) in [5.74, 6) is 1.61. The molecule has 0 spiro atoms. The van der Waals surface area contributed by atoms with Crippen LogP contribution in [0.3, 0.4) is 0 Å². The van der Waals surface area contributed by atoms with Gasteiger partial charge in [0.05, 0.1) is 23.1 Å². The minimum absolute atomic E-state index is 0.371. The largest absolute Gasteiger partial charge is 0.378 e. The lowest BCUT2D eigenvalue weighted by Gasteiger charge is -2.39. The van der Waals surface area contributed by atoms with E-state index in [-0.39, 0.29) is 0 Å². The van der Waals surface area contributed by atoms with Gasteiger partial charge in [0.2, 0.25) is 0 Å². The Morgan fingerprint density at radius 2 is 2.10 bits per heavy atom. The molecule has 108 valence electrons. The monoisotopic (exact) mass is 290 g/mol. The van der Waals surface area contributed by atoms with Crippen LogP contribution < -0.4 is 0 Å². The summed E-state index contributed by atoms with van der Waals surface area (Å²) in [5.41, 5.74) is 2.10. The van der Waals surface area contributed by atoms with Gasteiger partial charge in [0.15, 0.2) is 0 Å². The molecule has 2 rings (SSSR count). The molecular weight excluding hydrogens is 268 g/mol. The summed E-state index contributed by atoms with van der Waals surface area (Å²) in [6.45, 7) is 7.43. The van der Waals surface area contributed by atoms with Crippen molar-refractivity contribution >= 4 is 23.1 Å². The second kappa shape index (κ2) is 7.07. The lowest BCUT2D eigenvalue weighted by molar-refractivity contribution is -0.0369. The molecule has 3 nitrogen and oxygen atoms in total. The van der Waals surface area contributed by atoms with Crippen molar-refractivity contribution in [1.29, 1.82) is 0 Å². The van der Waals surface area contributed by atoms with Crippen molar-refractivity contribution in [3.63, 3.8) is 0 Å². The summed E-state index contributed by atoms with van der Waals surface area (Å²) < 4.78 is 5.90. The first-order valence-electron chi connectivity index (χ1n) is 7.30. The third-order valence-corrected chi connectivity index (χ3v) is 4.32. The van der Waals surface area contributed by atoms with E-state index in [2.05, 4.69) is 42.0 Å². The summed E-state index contributed by atoms with van der Waals surface area (Å²) in [4.78, 5) is 8.29. The molecule has 0 bridgehead atoms. The van der Waals surface area contributed by atoms with Crippen molar-refractivity contribution in [2.75, 3.05) is 6.61 Å². The second-order valence-corrected chi connectivity index (χ2v) is 5.86. The van der Waals surface area contributed by atoms with Gasteiger partial charge in [0.1, 0.15) is 0 Å². The van der Waals surface area contributed by atoms with Gasteiger partial charge in [-0.2, -0.15) is 4.99 Å². The van der Waals surface area contributed by atoms with Crippen molar-refractivity contribution in [2.45, 2.75) is 45.6 Å². The van der Waals surface area contributed by atoms with Crippen LogP contribution in [-0.2, 0) is 4.74 Å². The lowest BCUT2D eigenvalue weighted by atomic mass is 9.72. The first kappa shape index (κ1) is 15.3. The quantitative estimate of drug-likeness (QED) is 0.610. The molecule has 0 unspecified atom stereocenters. The van der Waals surface area contributed by atoms with Crippen LogP contribution in [0, 0.1) is 11.8 Å². The number of rotatable bonds is 4. The normalized spacial score (nSPS) is 29.8. The summed E-state index contributed by atoms with van der Waals surface area (Å²) in [6, 6.07) is 2.07. The molecule has 0 aliphatic heterocycles. The number of aliphatic imine (C=N–C) groups is 1. The highest BCUT2D eigenvalue weighted by molar-refractivity contribution is 7.78. The second-order valence-electron chi connectivity index (χ2n) is 5.68. The number of ether oxygens (including phenoxy) is 1. The molecule has 1 aliphatic carbocycles. The molecule has 0 aromatic carbocycles. The van der Waals surface area contributed by atoms with Gasteiger partial charge in [-0.25, -0.2) is 0 Å². The van der Waals surface area contributed by atoms with Crippen LogP contribution in [0.1, 0.15) is 45.1 Å². The average Bonchev–Trinajstić information content (AvgIpc) is 2.43. The minimum Gasteiger partial charge on any atom is -0.378 e. The smallest absolute Gasteiger partial charge is 0.0957 e. The number of hydrogen-bond donors (Lipinski definition) is 0. The van der Waals surface area contributed by atoms with Gasteiger partial charge in [0.25, 0.3) is 0 Å². The molecule has 1 aliphatic rings. The van der Waals surface area contributed by atoms with Crippen LogP contribution >= 0.6 is 12.2 Å². The molecule has 0 radical (unpaired) electrons. The number of aromatic nitrogens is 1. The maximum atomic E-state index is 5.90. The molecule has 1 aromatic heterocycles. The predicted octanol–water partition coefficient (Wildman–Crippen LogP) is 4.37. The van der Waals surface area contributed by atoms with Crippen molar-refractivity contribution < 1.29 is 4.74 Å². The predicted molar refractivity (Wildman–Crippen MR) is 84.6 cm³/mol. The van der Waals surface area contributed by atoms with E-state index in [0.29, 0.717) is 23.9 Å². The fourth-order valence-electron chi connectivity index (χ4n) is 3.48. The maximum absolute atomic E-state index is 5.90. The fraction of sp³-hybridized carbons (Fsp3) is 0.625. The van der Waals surface area contributed by atoms with Crippen LogP contribution in [0.5, 0.6) is 0 Å². The minimum atomic E-state index is 0.371. The molecule has 4 atom stereocenters. The number of hydrogen-bond acceptors (Lipinski definition) is 4. The summed E-state index contributed by atoms with van der Waals surface area (Å²) >= 11 is 4.73. The first-order chi connectivity index (χ1) is 9.67. The Balaban J connectivity index is 2.21. The van der Waals surface area contributed by atoms with Gasteiger partial charge in [0, 0.05) is 12.8 Å². The van der Waals surface area contributed by atoms with Crippen molar-refractivity contribution in [2.24, 2.45) is 16.8 Å². The molecular formula is C16H22N2OS. The Kier molecular flexibility index (Phi) is 5.41. The van der Waals surface area contributed by atoms with Gasteiger partial charge in [-0.3, -0.25) is 4.98 Å². The lowest BCUT2D eigenvalue weighted by Crippen LogP contribution is -2.35. The number of isothiocyanates is 1. The molecule has 20 heavy (non-hydrogen) atoms. The Labute approximate surface area is 126 Å². The number of nitrogens with zero attached hydrogens (tertiary/aromatic N) is 2. The zero-order chi connectivity index (χ0) is 14.5. The van der Waals surface area contributed by atoms with Gasteiger partial charge >= 0.3 is 0 Å². The van der Waals surface area contributed by atoms with E-state index in [4.69, 9.17) is 17.0 Å². The van der Waals surface area contributed by atoms with Gasteiger partial charge in [-0.1, -0.05) is 13.8 Å². The Morgan fingerprint density at radius 1 is 1.40 bits per heavy atom. The molecule has 1 fully saturated rings. The highest BCUT2D eigenvalue weighted by atomic mass is 32.1. The molecule has 1 saturated carbocycles. The Hall–Kier alpha value is -1.09. The van der Waals surface area contributed by atoms with E-state index in [1.165, 1.54) is 5.56 Å². The number of pyridine rings is 1. The van der Waals surface area contributed by atoms with E-state index < -0.39 is 0 Å². The maximum Gasteiger partial charge on any atom is 0.0957 e. The van der Waals surface area contributed by atoms with Gasteiger partial charge in [-0.15, -0.1) is 0 Å². The topological polar surface area (TPSA) is 34.5 Å². The number of thiocarbonyl (C=S) groups is 1. The van der Waals surface area contributed by atoms with Crippen LogP contribution in [-0.4, -0.2) is 22.9 Å². The zero-order valence-electron chi connectivity index (χ0n) is 12.4. The summed E-state index contributed by atoms with van der Waals surface area (Å²) in [7, 11) is 0. The van der Waals surface area contributed by atoms with Crippen LogP contribution in [0.25, 0.3) is 0 Å². The van der Waals surface area contributed by atoms with Crippen LogP contribution in [0.2, 0.25) is 0 Å². The molecule has 0 saturated heterocycles. The van der Waals surface area contributed by atoms with E-state index >= 15 is 0 Å². The molecule has 1 aromatic rings. The summed E-state index contributed by atoms with van der Waals surface area (Å²) in [6.07, 6.45) is 6.23. The molecule has 0 amide bonds. The first-order valence-corrected chi connectivity index (χ1v) is 7.71. The molecule has 0 N–H and O–H groups in total. The molecule has 4 heteroatoms. The third-order valence-electron chi connectivity index (χ3n) is 4.23. The van der Waals surface area contributed by atoms with Gasteiger partial charge in [-0.05, 0) is 61.4 Å². The van der Waals surface area contributed by atoms with E-state index in [1.807, 2.05) is 6.20 Å². The highest BCUT2D eigenvalue weighted by Gasteiger charge is 2.34. The van der Waals surface area contributed by atoms with Crippen molar-refractivity contribution in [3.05, 3.63) is 24.0 Å². The van der Waals surface area contributed by atoms with E-state index in [1.54, 1.807) is 6.20 Å². The van der Waals surface area contributed by atoms with Crippen molar-refractivity contribution in [1.82, 2.24) is 4.98 Å². The molecule has 1 heterocycles. The fourth-order valence-corrected chi connectivity index (χ4v) is 3.58. The third kappa shape index (κ3) is 3.32. The van der Waals surface area contributed by atoms with Crippen LogP contribution in [0.15, 0.2) is 23.5 Å². The van der Waals surface area contributed by atoms with Gasteiger partial charge < -0.3 is 4.74 Å². The zero-order valence-corrected chi connectivity index (χ0v) is 13.2.